The predicted molar refractivity (Wildman–Crippen MR) is 47.8 cm³/mol. The number of alkyl halides is 3. The minimum Gasteiger partial charge on any atom is -0.394 e. The van der Waals surface area contributed by atoms with Crippen molar-refractivity contribution in [3.8, 4) is 0 Å². The van der Waals surface area contributed by atoms with Crippen LogP contribution in [0.1, 0.15) is 13.3 Å². The van der Waals surface area contributed by atoms with Gasteiger partial charge < -0.3 is 15.7 Å². The molecule has 0 aliphatic rings. The van der Waals surface area contributed by atoms with Crippen LogP contribution in [0.5, 0.6) is 0 Å². The molecule has 86 valence electrons. The summed E-state index contributed by atoms with van der Waals surface area (Å²) in [5.41, 5.74) is 4.74. The quantitative estimate of drug-likeness (QED) is 0.704. The van der Waals surface area contributed by atoms with E-state index < -0.39 is 18.1 Å². The van der Waals surface area contributed by atoms with Crippen molar-refractivity contribution in [1.29, 1.82) is 0 Å². The molecule has 0 aromatic heterocycles. The summed E-state index contributed by atoms with van der Waals surface area (Å²) in [7, 11) is 1.55. The van der Waals surface area contributed by atoms with E-state index in [2.05, 4.69) is 0 Å². The molecule has 3 nitrogen and oxygen atoms in total. The zero-order valence-corrected chi connectivity index (χ0v) is 8.43. The van der Waals surface area contributed by atoms with Crippen molar-refractivity contribution in [2.24, 2.45) is 5.73 Å². The molecular weight excluding hydrogens is 197 g/mol. The summed E-state index contributed by atoms with van der Waals surface area (Å²) >= 11 is 0. The second kappa shape index (κ2) is 4.95. The average molecular weight is 214 g/mol. The van der Waals surface area contributed by atoms with E-state index >= 15 is 0 Å². The van der Waals surface area contributed by atoms with Gasteiger partial charge in [-0.15, -0.1) is 0 Å². The van der Waals surface area contributed by atoms with Crippen molar-refractivity contribution >= 4 is 0 Å². The molecule has 1 atom stereocenters. The molecule has 0 heterocycles. The van der Waals surface area contributed by atoms with Crippen LogP contribution in [0.3, 0.4) is 0 Å². The van der Waals surface area contributed by atoms with Gasteiger partial charge in [-0.2, -0.15) is 13.2 Å². The van der Waals surface area contributed by atoms with Crippen molar-refractivity contribution in [3.63, 3.8) is 0 Å². The Bertz CT molecular complexity index is 170. The molecule has 0 aliphatic heterocycles. The molecule has 0 saturated heterocycles. The number of rotatable bonds is 5. The highest BCUT2D eigenvalue weighted by Crippen LogP contribution is 2.19. The lowest BCUT2D eigenvalue weighted by Gasteiger charge is -2.28. The van der Waals surface area contributed by atoms with Crippen LogP contribution < -0.4 is 5.73 Å². The number of likely N-dealkylation sites (N-methyl/N-ethyl adjacent to an activating group) is 1. The Morgan fingerprint density at radius 3 is 2.21 bits per heavy atom. The number of hydrogen-bond acceptors (Lipinski definition) is 3. The van der Waals surface area contributed by atoms with E-state index in [9.17, 15) is 13.2 Å². The molecule has 0 aromatic rings. The highest BCUT2D eigenvalue weighted by molar-refractivity contribution is 4.80. The summed E-state index contributed by atoms with van der Waals surface area (Å²) in [5.74, 6) is 0. The first kappa shape index (κ1) is 13.7. The number of aliphatic hydroxyl groups excluding tert-OH is 1. The number of aliphatic hydroxyl groups is 1. The van der Waals surface area contributed by atoms with Gasteiger partial charge >= 0.3 is 6.18 Å². The Balaban J connectivity index is 3.82. The maximum Gasteiger partial charge on any atom is 0.390 e. The van der Waals surface area contributed by atoms with Crippen molar-refractivity contribution in [2.45, 2.75) is 25.1 Å². The van der Waals surface area contributed by atoms with Gasteiger partial charge in [-0.05, 0) is 14.0 Å². The smallest absolute Gasteiger partial charge is 0.390 e. The monoisotopic (exact) mass is 214 g/mol. The Morgan fingerprint density at radius 2 is 1.86 bits per heavy atom. The lowest BCUT2D eigenvalue weighted by atomic mass is 10.1. The summed E-state index contributed by atoms with van der Waals surface area (Å²) < 4.78 is 35.5. The highest BCUT2D eigenvalue weighted by Gasteiger charge is 2.28. The topological polar surface area (TPSA) is 49.5 Å². The lowest BCUT2D eigenvalue weighted by Crippen LogP contribution is -2.50. The van der Waals surface area contributed by atoms with E-state index in [0.717, 1.165) is 0 Å². The van der Waals surface area contributed by atoms with Crippen LogP contribution in [0.25, 0.3) is 0 Å². The molecule has 0 amide bonds. The average Bonchev–Trinajstić information content (AvgIpc) is 1.99. The van der Waals surface area contributed by atoms with Crippen LogP contribution in [0.4, 0.5) is 13.2 Å². The number of halogens is 3. The van der Waals surface area contributed by atoms with E-state index in [1.54, 1.807) is 14.0 Å². The van der Waals surface area contributed by atoms with Crippen molar-refractivity contribution in [2.75, 3.05) is 26.7 Å². The van der Waals surface area contributed by atoms with Gasteiger partial charge in [0.05, 0.1) is 13.0 Å². The van der Waals surface area contributed by atoms with Crippen LogP contribution in [-0.4, -0.2) is 48.5 Å². The summed E-state index contributed by atoms with van der Waals surface area (Å²) in [6, 6.07) is 0. The lowest BCUT2D eigenvalue weighted by molar-refractivity contribution is -0.137. The van der Waals surface area contributed by atoms with E-state index in [-0.39, 0.29) is 19.7 Å². The van der Waals surface area contributed by atoms with Gasteiger partial charge in [0.25, 0.3) is 0 Å². The maximum absolute atomic E-state index is 11.8. The third kappa shape index (κ3) is 7.11. The van der Waals surface area contributed by atoms with Crippen molar-refractivity contribution in [1.82, 2.24) is 4.90 Å². The summed E-state index contributed by atoms with van der Waals surface area (Å²) in [4.78, 5) is 1.46. The fourth-order valence-corrected chi connectivity index (χ4v) is 1.06. The zero-order chi connectivity index (χ0) is 11.4. The fourth-order valence-electron chi connectivity index (χ4n) is 1.06. The van der Waals surface area contributed by atoms with E-state index in [0.29, 0.717) is 0 Å². The van der Waals surface area contributed by atoms with Gasteiger partial charge in [0.2, 0.25) is 0 Å². The van der Waals surface area contributed by atoms with Crippen LogP contribution in [-0.2, 0) is 0 Å². The largest absolute Gasteiger partial charge is 0.394 e. The standard InChI is InChI=1S/C8H17F3N2O/c1-7(12,6-14)5-13(2)4-3-8(9,10)11/h14H,3-6,12H2,1-2H3. The normalized spacial score (nSPS) is 17.1. The van der Waals surface area contributed by atoms with Gasteiger partial charge in [0.15, 0.2) is 0 Å². The van der Waals surface area contributed by atoms with Crippen molar-refractivity contribution in [3.05, 3.63) is 0 Å². The molecule has 0 saturated carbocycles. The van der Waals surface area contributed by atoms with Gasteiger partial charge in [-0.25, -0.2) is 0 Å². The minimum absolute atomic E-state index is 0.101. The Kier molecular flexibility index (Phi) is 4.83. The predicted octanol–water partition coefficient (Wildman–Crippen LogP) is 0.580. The molecule has 0 aliphatic carbocycles. The highest BCUT2D eigenvalue weighted by atomic mass is 19.4. The number of nitrogens with two attached hydrogens (primary N) is 1. The first-order valence-corrected chi connectivity index (χ1v) is 4.31. The van der Waals surface area contributed by atoms with Gasteiger partial charge in [0, 0.05) is 18.6 Å². The summed E-state index contributed by atoms with van der Waals surface area (Å²) in [6.45, 7) is 1.48. The van der Waals surface area contributed by atoms with Gasteiger partial charge in [-0.3, -0.25) is 0 Å². The minimum atomic E-state index is -4.14. The Hall–Kier alpha value is -0.330. The van der Waals surface area contributed by atoms with Crippen LogP contribution in [0.2, 0.25) is 0 Å². The molecule has 14 heavy (non-hydrogen) atoms. The van der Waals surface area contributed by atoms with Crippen LogP contribution in [0.15, 0.2) is 0 Å². The van der Waals surface area contributed by atoms with Gasteiger partial charge in [0.1, 0.15) is 0 Å². The Morgan fingerprint density at radius 1 is 1.36 bits per heavy atom. The zero-order valence-electron chi connectivity index (χ0n) is 8.43. The molecule has 0 bridgehead atoms. The molecule has 0 radical (unpaired) electrons. The number of nitrogens with zero attached hydrogens (tertiary/aromatic N) is 1. The molecule has 0 aromatic carbocycles. The van der Waals surface area contributed by atoms with Crippen molar-refractivity contribution < 1.29 is 18.3 Å². The summed E-state index contributed by atoms with van der Waals surface area (Å²) in [6.07, 6.45) is -5.00. The van der Waals surface area contributed by atoms with E-state index in [1.165, 1.54) is 4.90 Å². The molecule has 1 unspecified atom stereocenters. The van der Waals surface area contributed by atoms with Crippen LogP contribution >= 0.6 is 0 Å². The molecule has 0 spiro atoms. The second-order valence-electron chi connectivity index (χ2n) is 3.92. The summed E-state index contributed by atoms with van der Waals surface area (Å²) in [5, 5.41) is 8.80. The second-order valence-corrected chi connectivity index (χ2v) is 3.92. The Labute approximate surface area is 81.7 Å². The van der Waals surface area contributed by atoms with Crippen LogP contribution in [0, 0.1) is 0 Å². The molecule has 3 N–H and O–H groups in total. The SMILES string of the molecule is CN(CCC(F)(F)F)CC(C)(N)CO. The molecule has 0 fully saturated rings. The third-order valence-electron chi connectivity index (χ3n) is 1.77. The molecular formula is C8H17F3N2O. The van der Waals surface area contributed by atoms with Gasteiger partial charge in [-0.1, -0.05) is 0 Å². The maximum atomic E-state index is 11.8. The number of hydrogen-bond donors (Lipinski definition) is 2. The van der Waals surface area contributed by atoms with E-state index in [1.807, 2.05) is 0 Å². The first-order chi connectivity index (χ1) is 6.16. The first-order valence-electron chi connectivity index (χ1n) is 4.31. The third-order valence-corrected chi connectivity index (χ3v) is 1.77. The fraction of sp³-hybridized carbons (Fsp3) is 1.00. The molecule has 6 heteroatoms. The van der Waals surface area contributed by atoms with E-state index in [4.69, 9.17) is 10.8 Å². The molecule has 0 rings (SSSR count).